The summed E-state index contributed by atoms with van der Waals surface area (Å²) in [5, 5.41) is 2.79. The van der Waals surface area contributed by atoms with Crippen molar-refractivity contribution in [3.63, 3.8) is 0 Å². The summed E-state index contributed by atoms with van der Waals surface area (Å²) < 4.78 is 0. The number of hydrogen-bond donors (Lipinski definition) is 3. The van der Waals surface area contributed by atoms with E-state index in [9.17, 15) is 4.79 Å². The Labute approximate surface area is 105 Å². The highest BCUT2D eigenvalue weighted by Crippen LogP contribution is 2.40. The lowest BCUT2D eigenvalue weighted by molar-refractivity contribution is -0.125. The number of carbonyl (C=O) groups excluding carboxylic acids is 1. The van der Waals surface area contributed by atoms with Crippen LogP contribution in [0.1, 0.15) is 11.1 Å². The van der Waals surface area contributed by atoms with Gasteiger partial charge in [0.25, 0.3) is 5.91 Å². The van der Waals surface area contributed by atoms with E-state index in [1.54, 1.807) is 0 Å². The SMILES string of the molecule is C=C1NC(=O)C2(Cc3cc(N)c(N)cc3C2)N1C. The van der Waals surface area contributed by atoms with Crippen LogP contribution in [-0.2, 0) is 17.6 Å². The Hall–Kier alpha value is -2.17. The minimum absolute atomic E-state index is 0.00310. The highest BCUT2D eigenvalue weighted by Gasteiger charge is 2.52. The monoisotopic (exact) mass is 244 g/mol. The third kappa shape index (κ3) is 1.19. The van der Waals surface area contributed by atoms with Crippen LogP contribution in [0.3, 0.4) is 0 Å². The molecule has 1 aliphatic carbocycles. The molecular weight excluding hydrogens is 228 g/mol. The van der Waals surface area contributed by atoms with E-state index in [1.807, 2.05) is 24.1 Å². The smallest absolute Gasteiger partial charge is 0.252 e. The van der Waals surface area contributed by atoms with Gasteiger partial charge in [-0.15, -0.1) is 0 Å². The molecule has 1 amide bonds. The number of nitrogens with zero attached hydrogens (tertiary/aromatic N) is 1. The molecule has 0 bridgehead atoms. The van der Waals surface area contributed by atoms with Gasteiger partial charge in [-0.25, -0.2) is 0 Å². The number of carbonyl (C=O) groups is 1. The number of nitrogens with one attached hydrogen (secondary N) is 1. The average molecular weight is 244 g/mol. The van der Waals surface area contributed by atoms with Gasteiger partial charge >= 0.3 is 0 Å². The van der Waals surface area contributed by atoms with E-state index < -0.39 is 5.54 Å². The maximum atomic E-state index is 12.2. The van der Waals surface area contributed by atoms with E-state index in [1.165, 1.54) is 0 Å². The fourth-order valence-electron chi connectivity index (χ4n) is 2.89. The lowest BCUT2D eigenvalue weighted by Crippen LogP contribution is -2.47. The van der Waals surface area contributed by atoms with Crippen LogP contribution in [0.2, 0.25) is 0 Å². The summed E-state index contributed by atoms with van der Waals surface area (Å²) in [6, 6.07) is 3.75. The summed E-state index contributed by atoms with van der Waals surface area (Å²) in [6.45, 7) is 3.85. The van der Waals surface area contributed by atoms with E-state index in [0.717, 1.165) is 11.1 Å². The predicted octanol–water partition coefficient (Wildman–Crippen LogP) is 0.221. The zero-order valence-electron chi connectivity index (χ0n) is 10.3. The molecule has 3 rings (SSSR count). The molecule has 1 spiro atoms. The first-order valence-corrected chi connectivity index (χ1v) is 5.85. The van der Waals surface area contributed by atoms with Crippen LogP contribution >= 0.6 is 0 Å². The van der Waals surface area contributed by atoms with Gasteiger partial charge in [-0.2, -0.15) is 0 Å². The number of hydrogen-bond acceptors (Lipinski definition) is 4. The molecule has 0 atom stereocenters. The van der Waals surface area contributed by atoms with Gasteiger partial charge in [0.05, 0.1) is 11.4 Å². The maximum absolute atomic E-state index is 12.2. The van der Waals surface area contributed by atoms with Crippen LogP contribution in [0, 0.1) is 0 Å². The van der Waals surface area contributed by atoms with Crippen molar-refractivity contribution in [1.82, 2.24) is 10.2 Å². The maximum Gasteiger partial charge on any atom is 0.252 e. The Balaban J connectivity index is 2.07. The summed E-state index contributed by atoms with van der Waals surface area (Å²) in [7, 11) is 1.89. The zero-order chi connectivity index (χ0) is 13.1. The van der Waals surface area contributed by atoms with Crippen molar-refractivity contribution in [3.05, 3.63) is 35.7 Å². The fourth-order valence-corrected chi connectivity index (χ4v) is 2.89. The number of likely N-dealkylation sites (N-methyl/N-ethyl adjacent to an activating group) is 1. The third-order valence-electron chi connectivity index (χ3n) is 4.10. The first-order chi connectivity index (χ1) is 8.44. The molecule has 1 heterocycles. The Bertz CT molecular complexity index is 548. The lowest BCUT2D eigenvalue weighted by atomic mass is 9.94. The Kier molecular flexibility index (Phi) is 1.94. The van der Waals surface area contributed by atoms with Crippen molar-refractivity contribution in [2.24, 2.45) is 0 Å². The van der Waals surface area contributed by atoms with E-state index in [0.29, 0.717) is 30.0 Å². The molecule has 94 valence electrons. The standard InChI is InChI=1S/C13H16N4O/c1-7-16-12(18)13(17(7)2)5-8-3-10(14)11(15)4-9(8)6-13/h3-4H,1,5-6,14-15H2,2H3,(H,16,18). The summed E-state index contributed by atoms with van der Waals surface area (Å²) in [6.07, 6.45) is 1.29. The largest absolute Gasteiger partial charge is 0.397 e. The van der Waals surface area contributed by atoms with Gasteiger partial charge < -0.3 is 21.7 Å². The van der Waals surface area contributed by atoms with Crippen molar-refractivity contribution >= 4 is 17.3 Å². The minimum Gasteiger partial charge on any atom is -0.397 e. The molecule has 5 N–H and O–H groups in total. The predicted molar refractivity (Wildman–Crippen MR) is 70.5 cm³/mol. The van der Waals surface area contributed by atoms with E-state index in [-0.39, 0.29) is 5.91 Å². The molecule has 5 nitrogen and oxygen atoms in total. The van der Waals surface area contributed by atoms with Crippen molar-refractivity contribution < 1.29 is 4.79 Å². The molecule has 5 heteroatoms. The van der Waals surface area contributed by atoms with Crippen LogP contribution < -0.4 is 16.8 Å². The highest BCUT2D eigenvalue weighted by atomic mass is 16.2. The van der Waals surface area contributed by atoms with Crippen molar-refractivity contribution in [2.75, 3.05) is 18.5 Å². The summed E-state index contributed by atoms with van der Waals surface area (Å²) in [4.78, 5) is 14.1. The van der Waals surface area contributed by atoms with Gasteiger partial charge in [0.15, 0.2) is 0 Å². The number of benzene rings is 1. The first kappa shape index (κ1) is 11.0. The molecule has 0 unspecified atom stereocenters. The topological polar surface area (TPSA) is 84.4 Å². The number of rotatable bonds is 0. The molecule has 1 saturated heterocycles. The highest BCUT2D eigenvalue weighted by molar-refractivity contribution is 5.92. The molecule has 1 aromatic rings. The Morgan fingerprint density at radius 1 is 1.28 bits per heavy atom. The van der Waals surface area contributed by atoms with Crippen LogP contribution in [0.5, 0.6) is 0 Å². The third-order valence-corrected chi connectivity index (χ3v) is 4.10. The number of fused-ring (bicyclic) bond motifs is 1. The summed E-state index contributed by atoms with van der Waals surface area (Å²) in [5.41, 5.74) is 14.4. The minimum atomic E-state index is -0.556. The molecule has 1 aliphatic heterocycles. The van der Waals surface area contributed by atoms with Gasteiger partial charge in [-0.05, 0) is 23.3 Å². The number of anilines is 2. The number of nitrogens with two attached hydrogens (primary N) is 2. The lowest BCUT2D eigenvalue weighted by Gasteiger charge is -2.29. The Morgan fingerprint density at radius 3 is 2.17 bits per heavy atom. The molecule has 1 fully saturated rings. The summed E-state index contributed by atoms with van der Waals surface area (Å²) >= 11 is 0. The van der Waals surface area contributed by atoms with Gasteiger partial charge in [0.2, 0.25) is 0 Å². The van der Waals surface area contributed by atoms with Crippen LogP contribution in [0.4, 0.5) is 11.4 Å². The van der Waals surface area contributed by atoms with Crippen molar-refractivity contribution in [1.29, 1.82) is 0 Å². The molecule has 0 radical (unpaired) electrons. The number of nitrogen functional groups attached to an aromatic ring is 2. The van der Waals surface area contributed by atoms with Crippen molar-refractivity contribution in [2.45, 2.75) is 18.4 Å². The fraction of sp³-hybridized carbons (Fsp3) is 0.308. The summed E-state index contributed by atoms with van der Waals surface area (Å²) in [5.74, 6) is 0.650. The molecule has 0 saturated carbocycles. The van der Waals surface area contributed by atoms with Gasteiger partial charge in [-0.1, -0.05) is 6.58 Å². The van der Waals surface area contributed by atoms with E-state index >= 15 is 0 Å². The van der Waals surface area contributed by atoms with Crippen molar-refractivity contribution in [3.8, 4) is 0 Å². The second-order valence-corrected chi connectivity index (χ2v) is 5.09. The van der Waals surface area contributed by atoms with E-state index in [4.69, 9.17) is 11.5 Å². The Morgan fingerprint density at radius 2 is 1.78 bits per heavy atom. The molecule has 18 heavy (non-hydrogen) atoms. The second kappa shape index (κ2) is 3.19. The average Bonchev–Trinajstić information content (AvgIpc) is 2.76. The van der Waals surface area contributed by atoms with Crippen LogP contribution in [0.15, 0.2) is 24.5 Å². The zero-order valence-corrected chi connectivity index (χ0v) is 10.3. The molecule has 1 aromatic carbocycles. The molecule has 0 aromatic heterocycles. The van der Waals surface area contributed by atoms with E-state index in [2.05, 4.69) is 11.9 Å². The van der Waals surface area contributed by atoms with Crippen LogP contribution in [0.25, 0.3) is 0 Å². The van der Waals surface area contributed by atoms with Gasteiger partial charge in [0.1, 0.15) is 11.4 Å². The van der Waals surface area contributed by atoms with Gasteiger partial charge in [0, 0.05) is 19.9 Å². The van der Waals surface area contributed by atoms with Crippen LogP contribution in [-0.4, -0.2) is 23.4 Å². The van der Waals surface area contributed by atoms with Gasteiger partial charge in [-0.3, -0.25) is 4.79 Å². The quantitative estimate of drug-likeness (QED) is 0.570. The first-order valence-electron chi connectivity index (χ1n) is 5.85. The molecular formula is C13H16N4O. The second-order valence-electron chi connectivity index (χ2n) is 5.09. The normalized spacial score (nSPS) is 20.4. The number of amides is 1. The molecule has 2 aliphatic rings.